The number of aliphatic hydroxyl groups is 1. The molecule has 0 amide bonds. The third-order valence-electron chi connectivity index (χ3n) is 4.97. The van der Waals surface area contributed by atoms with Gasteiger partial charge in [0.25, 0.3) is 0 Å². The highest BCUT2D eigenvalue weighted by Crippen LogP contribution is 2.42. The number of benzene rings is 4. The minimum Gasteiger partial charge on any atom is -0.376 e. The third kappa shape index (κ3) is 3.53. The molecule has 0 saturated carbocycles. The Labute approximate surface area is 166 Å². The second kappa shape index (κ2) is 8.08. The lowest BCUT2D eigenvalue weighted by Crippen LogP contribution is -2.29. The fourth-order valence-electron chi connectivity index (χ4n) is 3.57. The van der Waals surface area contributed by atoms with Gasteiger partial charge >= 0.3 is 0 Å². The van der Waals surface area contributed by atoms with Crippen LogP contribution in [0, 0.1) is 0 Å². The van der Waals surface area contributed by atoms with Gasteiger partial charge in [-0.3, -0.25) is 0 Å². The van der Waals surface area contributed by atoms with E-state index >= 15 is 0 Å². The van der Waals surface area contributed by atoms with Crippen LogP contribution in [0.2, 0.25) is 0 Å². The van der Waals surface area contributed by atoms with Crippen LogP contribution >= 0.6 is 0 Å². The third-order valence-corrected chi connectivity index (χ3v) is 4.97. The van der Waals surface area contributed by atoms with Crippen LogP contribution in [0.4, 0.5) is 0 Å². The Morgan fingerprint density at radius 3 is 1.39 bits per heavy atom. The first-order valence-electron chi connectivity index (χ1n) is 9.44. The molecule has 0 heterocycles. The highest BCUT2D eigenvalue weighted by atomic mass is 16.3. The van der Waals surface area contributed by atoms with Crippen molar-refractivity contribution < 1.29 is 5.11 Å². The van der Waals surface area contributed by atoms with E-state index in [0.29, 0.717) is 0 Å². The summed E-state index contributed by atoms with van der Waals surface area (Å²) in [5.41, 5.74) is 3.28. The highest BCUT2D eigenvalue weighted by molar-refractivity contribution is 5.89. The Bertz CT molecular complexity index is 997. The maximum atomic E-state index is 12.3. The lowest BCUT2D eigenvalue weighted by Gasteiger charge is -2.33. The molecule has 136 valence electrons. The zero-order chi connectivity index (χ0) is 19.2. The summed E-state index contributed by atoms with van der Waals surface area (Å²) in [5, 5.41) is 12.3. The molecule has 1 N–H and O–H groups in total. The van der Waals surface area contributed by atoms with Crippen molar-refractivity contribution in [3.63, 3.8) is 0 Å². The Morgan fingerprint density at radius 2 is 0.929 bits per heavy atom. The highest BCUT2D eigenvalue weighted by Gasteiger charge is 2.36. The van der Waals surface area contributed by atoms with Crippen LogP contribution in [0.3, 0.4) is 0 Å². The first-order valence-corrected chi connectivity index (χ1v) is 9.44. The van der Waals surface area contributed by atoms with Gasteiger partial charge in [0.1, 0.15) is 5.60 Å². The van der Waals surface area contributed by atoms with Crippen molar-refractivity contribution in [3.8, 4) is 0 Å². The van der Waals surface area contributed by atoms with Gasteiger partial charge in [0.15, 0.2) is 0 Å². The van der Waals surface area contributed by atoms with Crippen molar-refractivity contribution in [1.82, 2.24) is 0 Å². The van der Waals surface area contributed by atoms with Crippen molar-refractivity contribution in [2.75, 3.05) is 0 Å². The first kappa shape index (κ1) is 18.0. The number of rotatable bonds is 5. The molecule has 4 aromatic rings. The summed E-state index contributed by atoms with van der Waals surface area (Å²) in [4.78, 5) is 0. The van der Waals surface area contributed by atoms with Crippen LogP contribution < -0.4 is 0 Å². The van der Waals surface area contributed by atoms with Crippen LogP contribution in [-0.4, -0.2) is 5.11 Å². The van der Waals surface area contributed by atoms with E-state index < -0.39 is 5.60 Å². The molecule has 0 spiro atoms. The summed E-state index contributed by atoms with van der Waals surface area (Å²) in [6, 6.07) is 40.0. The van der Waals surface area contributed by atoms with Crippen LogP contribution in [0.15, 0.2) is 121 Å². The molecule has 28 heavy (non-hydrogen) atoms. The molecule has 0 fully saturated rings. The summed E-state index contributed by atoms with van der Waals surface area (Å²) < 4.78 is 0. The predicted octanol–water partition coefficient (Wildman–Crippen LogP) is 6.16. The molecule has 0 aliphatic rings. The molecule has 0 radical (unpaired) electrons. The monoisotopic (exact) mass is 362 g/mol. The van der Waals surface area contributed by atoms with E-state index in [9.17, 15) is 5.11 Å². The summed E-state index contributed by atoms with van der Waals surface area (Å²) in [7, 11) is 0. The zero-order valence-corrected chi connectivity index (χ0v) is 15.6. The molecule has 4 aromatic carbocycles. The van der Waals surface area contributed by atoms with E-state index in [4.69, 9.17) is 0 Å². The Kier molecular flexibility index (Phi) is 5.18. The number of hydrogen-bond acceptors (Lipinski definition) is 1. The van der Waals surface area contributed by atoms with Gasteiger partial charge in [-0.2, -0.15) is 0 Å². The molecule has 0 bridgehead atoms. The topological polar surface area (TPSA) is 20.2 Å². The van der Waals surface area contributed by atoms with Gasteiger partial charge in [0.2, 0.25) is 0 Å². The van der Waals surface area contributed by atoms with E-state index in [2.05, 4.69) is 18.2 Å². The standard InChI is InChI=1S/C27H22O/c28-27(24-17-9-3-10-18-24,25-19-11-4-12-20-25)26(23-15-7-2-8-16-23)21-22-13-5-1-6-14-22/h1-21,28H. The van der Waals surface area contributed by atoms with E-state index in [0.717, 1.165) is 27.8 Å². The van der Waals surface area contributed by atoms with Crippen molar-refractivity contribution in [2.45, 2.75) is 5.60 Å². The Balaban J connectivity index is 2.01. The maximum Gasteiger partial charge on any atom is 0.141 e. The van der Waals surface area contributed by atoms with E-state index in [1.165, 1.54) is 0 Å². The van der Waals surface area contributed by atoms with Gasteiger partial charge in [0.05, 0.1) is 0 Å². The summed E-state index contributed by atoms with van der Waals surface area (Å²) in [5.74, 6) is 0. The molecule has 0 unspecified atom stereocenters. The molecule has 1 heteroatoms. The average molecular weight is 362 g/mol. The van der Waals surface area contributed by atoms with E-state index in [1.807, 2.05) is 109 Å². The molecule has 4 rings (SSSR count). The van der Waals surface area contributed by atoms with Crippen LogP contribution in [0.25, 0.3) is 11.6 Å². The SMILES string of the molecule is OC(C(=Cc1ccccc1)c1ccccc1)(c1ccccc1)c1ccccc1. The summed E-state index contributed by atoms with van der Waals surface area (Å²) in [6.45, 7) is 0. The maximum absolute atomic E-state index is 12.3. The minimum atomic E-state index is -1.28. The quantitative estimate of drug-likeness (QED) is 0.421. The van der Waals surface area contributed by atoms with Crippen molar-refractivity contribution >= 4 is 11.6 Å². The first-order chi connectivity index (χ1) is 13.8. The minimum absolute atomic E-state index is 0.840. The van der Waals surface area contributed by atoms with Gasteiger partial charge in [-0.25, -0.2) is 0 Å². The van der Waals surface area contributed by atoms with Crippen LogP contribution in [0.5, 0.6) is 0 Å². The molecule has 0 aliphatic heterocycles. The van der Waals surface area contributed by atoms with Gasteiger partial charge < -0.3 is 5.11 Å². The summed E-state index contributed by atoms with van der Waals surface area (Å²) in [6.07, 6.45) is 2.08. The smallest absolute Gasteiger partial charge is 0.141 e. The van der Waals surface area contributed by atoms with Crippen molar-refractivity contribution in [1.29, 1.82) is 0 Å². The normalized spacial score (nSPS) is 12.0. The van der Waals surface area contributed by atoms with Crippen LogP contribution in [0.1, 0.15) is 22.3 Å². The molecule has 0 aliphatic carbocycles. The molecule has 0 saturated heterocycles. The predicted molar refractivity (Wildman–Crippen MR) is 117 cm³/mol. The van der Waals surface area contributed by atoms with Crippen molar-refractivity contribution in [3.05, 3.63) is 144 Å². The van der Waals surface area contributed by atoms with E-state index in [-0.39, 0.29) is 0 Å². The second-order valence-corrected chi connectivity index (χ2v) is 6.78. The van der Waals surface area contributed by atoms with Crippen LogP contribution in [-0.2, 0) is 5.60 Å². The lowest BCUT2D eigenvalue weighted by atomic mass is 9.76. The molecule has 0 atom stereocenters. The fourth-order valence-corrected chi connectivity index (χ4v) is 3.57. The fraction of sp³-hybridized carbons (Fsp3) is 0.0370. The van der Waals surface area contributed by atoms with Gasteiger partial charge in [0, 0.05) is 5.57 Å². The van der Waals surface area contributed by atoms with E-state index in [1.54, 1.807) is 0 Å². The Hall–Kier alpha value is -3.42. The number of hydrogen-bond donors (Lipinski definition) is 1. The van der Waals surface area contributed by atoms with Gasteiger partial charge in [-0.05, 0) is 28.3 Å². The van der Waals surface area contributed by atoms with Gasteiger partial charge in [-0.15, -0.1) is 0 Å². The zero-order valence-electron chi connectivity index (χ0n) is 15.6. The molecular weight excluding hydrogens is 340 g/mol. The largest absolute Gasteiger partial charge is 0.376 e. The molecule has 1 nitrogen and oxygen atoms in total. The Morgan fingerprint density at radius 1 is 0.536 bits per heavy atom. The summed E-state index contributed by atoms with van der Waals surface area (Å²) >= 11 is 0. The average Bonchev–Trinajstić information content (AvgIpc) is 2.79. The molecule has 0 aromatic heterocycles. The lowest BCUT2D eigenvalue weighted by molar-refractivity contribution is 0.146. The second-order valence-electron chi connectivity index (χ2n) is 6.78. The van der Waals surface area contributed by atoms with Crippen molar-refractivity contribution in [2.24, 2.45) is 0 Å². The van der Waals surface area contributed by atoms with Gasteiger partial charge in [-0.1, -0.05) is 121 Å². The molecular formula is C27H22O.